The highest BCUT2D eigenvalue weighted by atomic mass is 14.3. The zero-order valence-electron chi connectivity index (χ0n) is 37.9. The highest BCUT2D eigenvalue weighted by molar-refractivity contribution is 4.82. The predicted molar refractivity (Wildman–Crippen MR) is 235 cm³/mol. The third-order valence-electron chi connectivity index (χ3n) is 14.7. The maximum atomic E-state index is 8.77. The normalized spacial score (nSPS) is 21.4. The topological polar surface area (TPSA) is 47.6 Å². The molecule has 0 heterocycles. The van der Waals surface area contributed by atoms with Crippen molar-refractivity contribution in [2.24, 2.45) is 71.0 Å². The number of rotatable bonds is 16. The molecule has 0 saturated heterocycles. The molecule has 310 valence electrons. The summed E-state index contributed by atoms with van der Waals surface area (Å²) in [6.07, 6.45) is 37.6. The molecule has 4 atom stereocenters. The van der Waals surface area contributed by atoms with Crippen molar-refractivity contribution in [2.45, 2.75) is 243 Å². The molecule has 0 bridgehead atoms. The molecule has 2 nitrogen and oxygen atoms in total. The third-order valence-corrected chi connectivity index (χ3v) is 14.7. The molecule has 0 aliphatic heterocycles. The van der Waals surface area contributed by atoms with Crippen LogP contribution >= 0.6 is 0 Å². The van der Waals surface area contributed by atoms with Gasteiger partial charge in [0.05, 0.1) is 12.1 Å². The van der Waals surface area contributed by atoms with Crippen molar-refractivity contribution in [2.75, 3.05) is 0 Å². The van der Waals surface area contributed by atoms with Crippen molar-refractivity contribution in [3.8, 4) is 12.1 Å². The molecule has 0 spiro atoms. The Hall–Kier alpha value is -1.02. The van der Waals surface area contributed by atoms with Crippen molar-refractivity contribution < 1.29 is 0 Å². The highest BCUT2D eigenvalue weighted by Crippen LogP contribution is 2.36. The SMILES string of the molecule is CC(C)C(CC#N)CC1CCCCC1.CC(C)C(CC#N)CC1CCCCC1.CCC(CC1CCCC1)C(C)C.CCC(CC1CCCCC1)C(C)C. The Bertz CT molecular complexity index is 852. The first-order chi connectivity index (χ1) is 25.4. The van der Waals surface area contributed by atoms with Crippen molar-refractivity contribution in [3.63, 3.8) is 0 Å². The van der Waals surface area contributed by atoms with Crippen molar-refractivity contribution in [3.05, 3.63) is 0 Å². The van der Waals surface area contributed by atoms with Gasteiger partial charge in [-0.25, -0.2) is 0 Å². The summed E-state index contributed by atoms with van der Waals surface area (Å²) in [5.41, 5.74) is 0. The summed E-state index contributed by atoms with van der Waals surface area (Å²) >= 11 is 0. The van der Waals surface area contributed by atoms with E-state index in [4.69, 9.17) is 10.5 Å². The molecule has 0 aromatic heterocycles. The average Bonchev–Trinajstić information content (AvgIpc) is 3.68. The summed E-state index contributed by atoms with van der Waals surface area (Å²) in [6.45, 7) is 23.2. The van der Waals surface area contributed by atoms with Gasteiger partial charge in [-0.3, -0.25) is 0 Å². The first-order valence-electron chi connectivity index (χ1n) is 24.2. The number of nitriles is 2. The molecule has 4 aliphatic carbocycles. The predicted octanol–water partition coefficient (Wildman–Crippen LogP) is 17.2. The van der Waals surface area contributed by atoms with Crippen molar-refractivity contribution in [1.82, 2.24) is 0 Å². The summed E-state index contributed by atoms with van der Waals surface area (Å²) in [5, 5.41) is 17.5. The van der Waals surface area contributed by atoms with Gasteiger partial charge in [0.15, 0.2) is 0 Å². The van der Waals surface area contributed by atoms with Crippen LogP contribution in [0.2, 0.25) is 0 Å². The second kappa shape index (κ2) is 31.1. The van der Waals surface area contributed by atoms with Crippen LogP contribution in [0.3, 0.4) is 0 Å². The smallest absolute Gasteiger partial charge is 0.0624 e. The Labute approximate surface area is 335 Å². The highest BCUT2D eigenvalue weighted by Gasteiger charge is 2.23. The summed E-state index contributed by atoms with van der Waals surface area (Å²) in [6, 6.07) is 4.68. The van der Waals surface area contributed by atoms with Gasteiger partial charge in [0.1, 0.15) is 0 Å². The molecular formula is C51H96N2. The lowest BCUT2D eigenvalue weighted by atomic mass is 9.78. The molecule has 0 aromatic carbocycles. The molecule has 53 heavy (non-hydrogen) atoms. The maximum Gasteiger partial charge on any atom is 0.0624 e. The summed E-state index contributed by atoms with van der Waals surface area (Å²) < 4.78 is 0. The lowest BCUT2D eigenvalue weighted by molar-refractivity contribution is 0.242. The monoisotopic (exact) mass is 737 g/mol. The molecule has 4 saturated carbocycles. The van der Waals surface area contributed by atoms with Gasteiger partial charge in [-0.05, 0) is 96.7 Å². The molecule has 4 rings (SSSR count). The summed E-state index contributed by atoms with van der Waals surface area (Å²) in [7, 11) is 0. The molecule has 0 aromatic rings. The van der Waals surface area contributed by atoms with Gasteiger partial charge in [-0.2, -0.15) is 10.5 Å². The van der Waals surface area contributed by atoms with Gasteiger partial charge in [-0.15, -0.1) is 0 Å². The minimum atomic E-state index is 0.642. The Kier molecular flexibility index (Phi) is 29.3. The van der Waals surface area contributed by atoms with Crippen LogP contribution in [0.5, 0.6) is 0 Å². The Morgan fingerprint density at radius 3 is 0.755 bits per heavy atom. The summed E-state index contributed by atoms with van der Waals surface area (Å²) in [4.78, 5) is 0. The van der Waals surface area contributed by atoms with Gasteiger partial charge < -0.3 is 0 Å². The van der Waals surface area contributed by atoms with Gasteiger partial charge in [0.25, 0.3) is 0 Å². The van der Waals surface area contributed by atoms with Gasteiger partial charge in [-0.1, -0.05) is 204 Å². The lowest BCUT2D eigenvalue weighted by Gasteiger charge is -2.28. The maximum absolute atomic E-state index is 8.77. The van der Waals surface area contributed by atoms with Crippen molar-refractivity contribution in [1.29, 1.82) is 10.5 Å². The molecule has 0 N–H and O–H groups in total. The van der Waals surface area contributed by atoms with Crippen LogP contribution in [0.25, 0.3) is 0 Å². The van der Waals surface area contributed by atoms with Crippen LogP contribution in [0, 0.1) is 93.7 Å². The van der Waals surface area contributed by atoms with E-state index >= 15 is 0 Å². The first kappa shape index (κ1) is 50.0. The number of nitrogens with zero attached hydrogens (tertiary/aromatic N) is 2. The molecule has 4 unspecified atom stereocenters. The fraction of sp³-hybridized carbons (Fsp3) is 0.961. The largest absolute Gasteiger partial charge is 0.198 e. The minimum absolute atomic E-state index is 0.642. The third kappa shape index (κ3) is 23.6. The fourth-order valence-corrected chi connectivity index (χ4v) is 10.5. The van der Waals surface area contributed by atoms with Crippen molar-refractivity contribution >= 4 is 0 Å². The van der Waals surface area contributed by atoms with Gasteiger partial charge in [0.2, 0.25) is 0 Å². The standard InChI is InChI=1S/2C13H23N.C13H26.C12H24/c2*1-11(2)13(8-9-14)10-12-6-4-3-5-7-12;1-4-13(11(2)3)10-12-8-6-5-7-9-12;1-4-12(10(2)3)9-11-7-5-6-8-11/h2*11-13H,3-8,10H2,1-2H3;11-13H,4-10H2,1-3H3;10-12H,4-9H2,1-3H3. The molecular weight excluding hydrogens is 641 g/mol. The molecule has 0 amide bonds. The van der Waals surface area contributed by atoms with E-state index in [2.05, 4.69) is 81.4 Å². The van der Waals surface area contributed by atoms with E-state index in [0.717, 1.165) is 60.2 Å². The van der Waals surface area contributed by atoms with E-state index < -0.39 is 0 Å². The minimum Gasteiger partial charge on any atom is -0.198 e. The fourth-order valence-electron chi connectivity index (χ4n) is 10.5. The van der Waals surface area contributed by atoms with E-state index in [9.17, 15) is 0 Å². The van der Waals surface area contributed by atoms with E-state index in [1.807, 2.05) is 0 Å². The van der Waals surface area contributed by atoms with E-state index in [1.165, 1.54) is 161 Å². The Morgan fingerprint density at radius 1 is 0.358 bits per heavy atom. The second-order valence-electron chi connectivity index (χ2n) is 20.2. The van der Waals surface area contributed by atoms with E-state index in [1.54, 1.807) is 0 Å². The Balaban J connectivity index is 0.000000354. The van der Waals surface area contributed by atoms with Gasteiger partial charge >= 0.3 is 0 Å². The molecule has 4 fully saturated rings. The van der Waals surface area contributed by atoms with E-state index in [-0.39, 0.29) is 0 Å². The summed E-state index contributed by atoms with van der Waals surface area (Å²) in [5.74, 6) is 10.4. The number of hydrogen-bond acceptors (Lipinski definition) is 2. The first-order valence-corrected chi connectivity index (χ1v) is 24.2. The van der Waals surface area contributed by atoms with Gasteiger partial charge in [0, 0.05) is 12.8 Å². The zero-order chi connectivity index (χ0) is 39.4. The van der Waals surface area contributed by atoms with Crippen LogP contribution in [-0.4, -0.2) is 0 Å². The van der Waals surface area contributed by atoms with Crippen LogP contribution < -0.4 is 0 Å². The molecule has 2 heteroatoms. The number of hydrogen-bond donors (Lipinski definition) is 0. The lowest BCUT2D eigenvalue weighted by Crippen LogP contribution is -2.16. The van der Waals surface area contributed by atoms with Crippen LogP contribution in [0.15, 0.2) is 0 Å². The Morgan fingerprint density at radius 2 is 0.566 bits per heavy atom. The second-order valence-corrected chi connectivity index (χ2v) is 20.2. The van der Waals surface area contributed by atoms with Crippen LogP contribution in [0.4, 0.5) is 0 Å². The molecule has 0 radical (unpaired) electrons. The van der Waals surface area contributed by atoms with Crippen LogP contribution in [0.1, 0.15) is 243 Å². The van der Waals surface area contributed by atoms with E-state index in [0.29, 0.717) is 23.7 Å². The average molecular weight is 737 g/mol. The molecule has 4 aliphatic rings. The zero-order valence-corrected chi connectivity index (χ0v) is 37.9. The van der Waals surface area contributed by atoms with Crippen LogP contribution in [-0.2, 0) is 0 Å². The quantitative estimate of drug-likeness (QED) is 0.158.